The summed E-state index contributed by atoms with van der Waals surface area (Å²) in [6, 6.07) is 0. The molecule has 1 saturated heterocycles. The van der Waals surface area contributed by atoms with E-state index in [1.54, 1.807) is 0 Å². The highest BCUT2D eigenvalue weighted by Crippen LogP contribution is 2.14. The van der Waals surface area contributed by atoms with Crippen molar-refractivity contribution in [2.75, 3.05) is 13.1 Å². The lowest BCUT2D eigenvalue weighted by Crippen LogP contribution is -2.16. The van der Waals surface area contributed by atoms with Crippen LogP contribution in [0.4, 0.5) is 0 Å². The Morgan fingerprint density at radius 2 is 2.46 bits per heavy atom. The third kappa shape index (κ3) is 2.07. The Kier molecular flexibility index (Phi) is 2.09. The number of hydrogen-bond donors (Lipinski definition) is 1. The molecule has 0 bridgehead atoms. The molecule has 0 radical (unpaired) electrons. The van der Waals surface area contributed by atoms with Crippen molar-refractivity contribution < 1.29 is 13.2 Å². The molecule has 6 heteroatoms. The number of hydrogen-bond acceptors (Lipinski definition) is 4. The van der Waals surface area contributed by atoms with Crippen molar-refractivity contribution >= 4 is 16.2 Å². The quantitative estimate of drug-likeness (QED) is 0.663. The average Bonchev–Trinajstić information content (AvgIpc) is 2.61. The average molecular weight is 202 g/mol. The topological polar surface area (TPSA) is 67.8 Å². The van der Waals surface area contributed by atoms with Gasteiger partial charge in [0.25, 0.3) is 10.0 Å². The van der Waals surface area contributed by atoms with Gasteiger partial charge < -0.3 is 10.1 Å². The van der Waals surface area contributed by atoms with Gasteiger partial charge in [0.15, 0.2) is 5.76 Å². The molecule has 2 heterocycles. The Labute approximate surface area is 76.5 Å². The fourth-order valence-electron chi connectivity index (χ4n) is 1.31. The van der Waals surface area contributed by atoms with E-state index in [4.69, 9.17) is 4.74 Å². The number of sulfonamides is 1. The van der Waals surface area contributed by atoms with Crippen molar-refractivity contribution in [3.63, 3.8) is 0 Å². The van der Waals surface area contributed by atoms with Crippen LogP contribution in [0.15, 0.2) is 15.6 Å². The summed E-state index contributed by atoms with van der Waals surface area (Å²) in [7, 11) is -3.38. The Balaban J connectivity index is 2.00. The molecular weight excluding hydrogens is 192 g/mol. The second kappa shape index (κ2) is 3.12. The molecule has 0 aromatic rings. The Morgan fingerprint density at radius 1 is 1.62 bits per heavy atom. The molecule has 0 saturated carbocycles. The molecule has 1 fully saturated rings. The van der Waals surface area contributed by atoms with E-state index in [1.165, 1.54) is 6.21 Å². The smallest absolute Gasteiger partial charge is 0.279 e. The van der Waals surface area contributed by atoms with E-state index >= 15 is 0 Å². The summed E-state index contributed by atoms with van der Waals surface area (Å²) in [6.45, 7) is 1.69. The van der Waals surface area contributed by atoms with E-state index in [1.807, 2.05) is 0 Å². The van der Waals surface area contributed by atoms with Crippen molar-refractivity contribution in [1.29, 1.82) is 0 Å². The maximum absolute atomic E-state index is 10.8. The molecule has 0 aliphatic carbocycles. The highest BCUT2D eigenvalue weighted by molar-refractivity contribution is 7.93. The lowest BCUT2D eigenvalue weighted by atomic mass is 10.3. The Morgan fingerprint density at radius 3 is 3.00 bits per heavy atom. The molecule has 0 aromatic heterocycles. The first-order valence-corrected chi connectivity index (χ1v) is 5.55. The molecule has 5 nitrogen and oxygen atoms in total. The van der Waals surface area contributed by atoms with Crippen LogP contribution in [0.1, 0.15) is 6.42 Å². The molecule has 2 aliphatic rings. The maximum Gasteiger partial charge on any atom is 0.279 e. The largest absolute Gasteiger partial charge is 0.487 e. The van der Waals surface area contributed by atoms with Crippen molar-refractivity contribution in [3.05, 3.63) is 11.2 Å². The van der Waals surface area contributed by atoms with Crippen LogP contribution in [0.3, 0.4) is 0 Å². The fraction of sp³-hybridized carbons (Fsp3) is 0.571. The summed E-state index contributed by atoms with van der Waals surface area (Å²) in [5, 5.41) is 4.17. The zero-order chi connectivity index (χ0) is 9.31. The van der Waals surface area contributed by atoms with Crippen LogP contribution in [0.25, 0.3) is 0 Å². The van der Waals surface area contributed by atoms with Gasteiger partial charge in [0, 0.05) is 6.54 Å². The van der Waals surface area contributed by atoms with Gasteiger partial charge in [-0.1, -0.05) is 0 Å². The molecule has 0 amide bonds. The third-order valence-electron chi connectivity index (χ3n) is 1.91. The van der Waals surface area contributed by atoms with Gasteiger partial charge in [-0.3, -0.25) is 0 Å². The van der Waals surface area contributed by atoms with Crippen molar-refractivity contribution in [2.45, 2.75) is 12.5 Å². The SMILES string of the molecule is O=S1(=O)C=C(OC2CCNC2)C=N1. The van der Waals surface area contributed by atoms with E-state index in [0.717, 1.165) is 24.9 Å². The summed E-state index contributed by atoms with van der Waals surface area (Å²) in [5.74, 6) is 0.341. The van der Waals surface area contributed by atoms with Crippen LogP contribution in [0.5, 0.6) is 0 Å². The number of nitrogens with one attached hydrogen (secondary N) is 1. The molecule has 0 spiro atoms. The third-order valence-corrected chi connectivity index (χ3v) is 2.84. The Bertz CT molecular complexity index is 352. The van der Waals surface area contributed by atoms with Gasteiger partial charge in [-0.25, -0.2) is 0 Å². The van der Waals surface area contributed by atoms with Gasteiger partial charge in [0.2, 0.25) is 0 Å². The molecule has 0 aromatic carbocycles. The molecule has 1 atom stereocenters. The van der Waals surface area contributed by atoms with E-state index in [9.17, 15) is 8.42 Å². The first kappa shape index (κ1) is 8.71. The lowest BCUT2D eigenvalue weighted by Gasteiger charge is -2.09. The monoisotopic (exact) mass is 202 g/mol. The summed E-state index contributed by atoms with van der Waals surface area (Å²) in [5.41, 5.74) is 0. The van der Waals surface area contributed by atoms with Gasteiger partial charge in [0.05, 0.1) is 11.6 Å². The predicted molar refractivity (Wildman–Crippen MR) is 47.9 cm³/mol. The molecule has 72 valence electrons. The van der Waals surface area contributed by atoms with Gasteiger partial charge in [0.1, 0.15) is 6.10 Å². The Hall–Kier alpha value is -0.880. The van der Waals surface area contributed by atoms with Crippen LogP contribution in [-0.2, 0) is 14.8 Å². The van der Waals surface area contributed by atoms with E-state index < -0.39 is 10.0 Å². The van der Waals surface area contributed by atoms with Crippen molar-refractivity contribution in [2.24, 2.45) is 4.40 Å². The number of allylic oxidation sites excluding steroid dienone is 1. The maximum atomic E-state index is 10.8. The van der Waals surface area contributed by atoms with Gasteiger partial charge in [-0.15, -0.1) is 0 Å². The molecular formula is C7H10N2O3S. The number of rotatable bonds is 2. The van der Waals surface area contributed by atoms with E-state index in [-0.39, 0.29) is 6.10 Å². The van der Waals surface area contributed by atoms with Crippen LogP contribution in [0, 0.1) is 0 Å². The van der Waals surface area contributed by atoms with E-state index in [0.29, 0.717) is 5.76 Å². The molecule has 2 rings (SSSR count). The van der Waals surface area contributed by atoms with Crippen molar-refractivity contribution in [1.82, 2.24) is 5.32 Å². The molecule has 1 unspecified atom stereocenters. The first-order chi connectivity index (χ1) is 6.16. The van der Waals surface area contributed by atoms with Gasteiger partial charge in [-0.05, 0) is 13.0 Å². The fourth-order valence-corrected chi connectivity index (χ4v) is 2.03. The minimum Gasteiger partial charge on any atom is -0.487 e. The summed E-state index contributed by atoms with van der Waals surface area (Å²) >= 11 is 0. The van der Waals surface area contributed by atoms with Crippen LogP contribution < -0.4 is 5.32 Å². The standard InChI is InChI=1S/C7H10N2O3S/c10-13(11)5-7(4-9-13)12-6-1-2-8-3-6/h4-6,8H,1-3H2. The van der Waals surface area contributed by atoms with Gasteiger partial charge >= 0.3 is 0 Å². The predicted octanol–water partition coefficient (Wildman–Crippen LogP) is -0.379. The van der Waals surface area contributed by atoms with Crippen LogP contribution in [0.2, 0.25) is 0 Å². The minimum absolute atomic E-state index is 0.0750. The zero-order valence-corrected chi connectivity index (χ0v) is 7.75. The van der Waals surface area contributed by atoms with Gasteiger partial charge in [-0.2, -0.15) is 12.8 Å². The normalized spacial score (nSPS) is 30.5. The summed E-state index contributed by atoms with van der Waals surface area (Å²) in [6.07, 6.45) is 2.23. The van der Waals surface area contributed by atoms with Crippen molar-refractivity contribution in [3.8, 4) is 0 Å². The second-order valence-corrected chi connectivity index (χ2v) is 4.48. The van der Waals surface area contributed by atoms with Crippen LogP contribution in [-0.4, -0.2) is 33.8 Å². The highest BCUT2D eigenvalue weighted by atomic mass is 32.2. The van der Waals surface area contributed by atoms with Crippen LogP contribution >= 0.6 is 0 Å². The number of nitrogens with zero attached hydrogens (tertiary/aromatic N) is 1. The summed E-state index contributed by atoms with van der Waals surface area (Å²) < 4.78 is 30.4. The second-order valence-electron chi connectivity index (χ2n) is 3.00. The zero-order valence-electron chi connectivity index (χ0n) is 6.93. The molecule has 2 aliphatic heterocycles. The summed E-state index contributed by atoms with van der Waals surface area (Å²) in [4.78, 5) is 0. The van der Waals surface area contributed by atoms with E-state index in [2.05, 4.69) is 9.71 Å². The molecule has 1 N–H and O–H groups in total. The highest BCUT2D eigenvalue weighted by Gasteiger charge is 2.20. The minimum atomic E-state index is -3.38. The first-order valence-electron chi connectivity index (χ1n) is 4.05. The lowest BCUT2D eigenvalue weighted by molar-refractivity contribution is 0.150. The molecule has 13 heavy (non-hydrogen) atoms. The number of ether oxygens (including phenoxy) is 1.